The molecule has 0 fully saturated rings. The van der Waals surface area contributed by atoms with Crippen molar-refractivity contribution in [1.82, 2.24) is 10.6 Å². The van der Waals surface area contributed by atoms with Gasteiger partial charge >= 0.3 is 0 Å². The molecular formula is C14H18N2O. The lowest BCUT2D eigenvalue weighted by molar-refractivity contribution is -0.118. The van der Waals surface area contributed by atoms with Crippen LogP contribution in [0, 0.1) is 0 Å². The molecule has 3 heteroatoms. The molecule has 1 amide bonds. The summed E-state index contributed by atoms with van der Waals surface area (Å²) >= 11 is 0. The Bertz CT molecular complexity index is 465. The van der Waals surface area contributed by atoms with E-state index in [2.05, 4.69) is 29.7 Å². The molecule has 90 valence electrons. The molecule has 0 atom stereocenters. The summed E-state index contributed by atoms with van der Waals surface area (Å²) in [5.41, 5.74) is 4.09. The van der Waals surface area contributed by atoms with Gasteiger partial charge in [0.1, 0.15) is 5.70 Å². The van der Waals surface area contributed by atoms with Gasteiger partial charge in [-0.05, 0) is 38.5 Å². The molecule has 0 aromatic carbocycles. The van der Waals surface area contributed by atoms with Crippen LogP contribution < -0.4 is 10.6 Å². The molecule has 0 aromatic rings. The highest BCUT2D eigenvalue weighted by atomic mass is 16.2. The van der Waals surface area contributed by atoms with E-state index in [-0.39, 0.29) is 11.9 Å². The summed E-state index contributed by atoms with van der Waals surface area (Å²) in [7, 11) is 0. The molecule has 2 bridgehead atoms. The first kappa shape index (κ1) is 11.7. The van der Waals surface area contributed by atoms with Crippen LogP contribution in [0.15, 0.2) is 46.8 Å². The fourth-order valence-corrected chi connectivity index (χ4v) is 1.94. The molecule has 2 rings (SSSR count). The van der Waals surface area contributed by atoms with Gasteiger partial charge in [-0.1, -0.05) is 17.7 Å². The molecule has 2 N–H and O–H groups in total. The van der Waals surface area contributed by atoms with Gasteiger partial charge in [-0.3, -0.25) is 4.79 Å². The first-order valence-corrected chi connectivity index (χ1v) is 5.92. The Morgan fingerprint density at radius 3 is 2.82 bits per heavy atom. The van der Waals surface area contributed by atoms with Gasteiger partial charge in [-0.25, -0.2) is 0 Å². The Morgan fingerprint density at radius 1 is 1.35 bits per heavy atom. The van der Waals surface area contributed by atoms with E-state index in [1.165, 1.54) is 11.1 Å². The number of fused-ring (bicyclic) bond motifs is 2. The molecule has 0 spiro atoms. The third-order valence-corrected chi connectivity index (χ3v) is 2.64. The molecule has 0 saturated heterocycles. The van der Waals surface area contributed by atoms with Crippen LogP contribution in [-0.2, 0) is 4.79 Å². The van der Waals surface area contributed by atoms with Crippen molar-refractivity contribution in [3.63, 3.8) is 0 Å². The SMILES string of the molecule is CC1=CC=C2CC(=C1)C=C(C(=O)NC(C)C)N2. The fraction of sp³-hybridized carbons (Fsp3) is 0.357. The van der Waals surface area contributed by atoms with E-state index < -0.39 is 0 Å². The molecule has 2 aliphatic rings. The number of carbonyl (C=O) groups is 1. The van der Waals surface area contributed by atoms with Crippen molar-refractivity contribution in [3.8, 4) is 0 Å². The second-order valence-corrected chi connectivity index (χ2v) is 4.81. The van der Waals surface area contributed by atoms with Gasteiger partial charge < -0.3 is 10.6 Å². The van der Waals surface area contributed by atoms with Crippen molar-refractivity contribution in [3.05, 3.63) is 46.8 Å². The topological polar surface area (TPSA) is 41.1 Å². The monoisotopic (exact) mass is 230 g/mol. The van der Waals surface area contributed by atoms with Gasteiger partial charge in [0.2, 0.25) is 0 Å². The second kappa shape index (κ2) is 4.62. The standard InChI is InChI=1S/C14H18N2O/c1-9(2)15-14(17)13-8-11-6-10(3)4-5-12(7-11)16-13/h4-6,8-9,16H,7H2,1-3H3,(H,15,17). The lowest BCUT2D eigenvalue weighted by Gasteiger charge is -2.20. The molecule has 3 nitrogen and oxygen atoms in total. The predicted molar refractivity (Wildman–Crippen MR) is 69.0 cm³/mol. The van der Waals surface area contributed by atoms with Crippen molar-refractivity contribution in [1.29, 1.82) is 0 Å². The smallest absolute Gasteiger partial charge is 0.267 e. The number of amides is 1. The van der Waals surface area contributed by atoms with Crippen LogP contribution in [0.3, 0.4) is 0 Å². The van der Waals surface area contributed by atoms with Gasteiger partial charge in [0.15, 0.2) is 0 Å². The molecular weight excluding hydrogens is 212 g/mol. The molecule has 1 aliphatic heterocycles. The van der Waals surface area contributed by atoms with E-state index >= 15 is 0 Å². The van der Waals surface area contributed by atoms with Crippen LogP contribution in [0.25, 0.3) is 0 Å². The minimum absolute atomic E-state index is 0.0453. The second-order valence-electron chi connectivity index (χ2n) is 4.81. The number of hydrogen-bond donors (Lipinski definition) is 2. The van der Waals surface area contributed by atoms with E-state index in [1.807, 2.05) is 26.0 Å². The van der Waals surface area contributed by atoms with Gasteiger partial charge in [0, 0.05) is 18.2 Å². The first-order valence-electron chi connectivity index (χ1n) is 5.92. The van der Waals surface area contributed by atoms with Crippen LogP contribution in [0.5, 0.6) is 0 Å². The Labute approximate surface area is 102 Å². The fourth-order valence-electron chi connectivity index (χ4n) is 1.94. The summed E-state index contributed by atoms with van der Waals surface area (Å²) in [6, 6.07) is 0.150. The van der Waals surface area contributed by atoms with Crippen LogP contribution in [0.2, 0.25) is 0 Å². The molecule has 0 saturated carbocycles. The zero-order valence-corrected chi connectivity index (χ0v) is 10.5. The number of carbonyl (C=O) groups excluding carboxylic acids is 1. The summed E-state index contributed by atoms with van der Waals surface area (Å²) in [4.78, 5) is 11.9. The number of hydrogen-bond acceptors (Lipinski definition) is 2. The van der Waals surface area contributed by atoms with Gasteiger partial charge in [0.05, 0.1) is 0 Å². The minimum Gasteiger partial charge on any atom is -0.354 e. The van der Waals surface area contributed by atoms with E-state index in [0.717, 1.165) is 12.1 Å². The maximum Gasteiger partial charge on any atom is 0.267 e. The third kappa shape index (κ3) is 2.87. The lowest BCUT2D eigenvalue weighted by atomic mass is 10.0. The summed E-state index contributed by atoms with van der Waals surface area (Å²) in [6.45, 7) is 5.98. The number of rotatable bonds is 2. The van der Waals surface area contributed by atoms with Crippen molar-refractivity contribution in [2.75, 3.05) is 0 Å². The minimum atomic E-state index is -0.0453. The highest BCUT2D eigenvalue weighted by molar-refractivity contribution is 5.94. The Hall–Kier alpha value is -1.77. The summed E-state index contributed by atoms with van der Waals surface area (Å²) in [5.74, 6) is -0.0453. The largest absolute Gasteiger partial charge is 0.354 e. The molecule has 17 heavy (non-hydrogen) atoms. The Balaban J connectivity index is 2.24. The van der Waals surface area contributed by atoms with Crippen LogP contribution in [0.1, 0.15) is 27.2 Å². The van der Waals surface area contributed by atoms with Crippen molar-refractivity contribution in [2.45, 2.75) is 33.2 Å². The van der Waals surface area contributed by atoms with E-state index in [1.54, 1.807) is 0 Å². The highest BCUT2D eigenvalue weighted by Gasteiger charge is 2.18. The average Bonchev–Trinajstić information content (AvgIpc) is 2.36. The highest BCUT2D eigenvalue weighted by Crippen LogP contribution is 2.23. The summed E-state index contributed by atoms with van der Waals surface area (Å²) < 4.78 is 0. The number of nitrogens with one attached hydrogen (secondary N) is 2. The Morgan fingerprint density at radius 2 is 2.12 bits per heavy atom. The zero-order chi connectivity index (χ0) is 12.4. The van der Waals surface area contributed by atoms with E-state index in [0.29, 0.717) is 5.70 Å². The predicted octanol–water partition coefficient (Wildman–Crippen LogP) is 2.16. The molecule has 1 heterocycles. The Kier molecular flexibility index (Phi) is 3.18. The van der Waals surface area contributed by atoms with Crippen molar-refractivity contribution in [2.24, 2.45) is 0 Å². The van der Waals surface area contributed by atoms with Crippen LogP contribution in [0.4, 0.5) is 0 Å². The maximum atomic E-state index is 11.9. The zero-order valence-electron chi connectivity index (χ0n) is 10.5. The van der Waals surface area contributed by atoms with E-state index in [4.69, 9.17) is 0 Å². The van der Waals surface area contributed by atoms with Crippen LogP contribution in [-0.4, -0.2) is 11.9 Å². The average molecular weight is 230 g/mol. The third-order valence-electron chi connectivity index (χ3n) is 2.64. The maximum absolute atomic E-state index is 11.9. The first-order chi connectivity index (χ1) is 8.04. The quantitative estimate of drug-likeness (QED) is 0.763. The van der Waals surface area contributed by atoms with E-state index in [9.17, 15) is 4.79 Å². The van der Waals surface area contributed by atoms with Gasteiger partial charge in [-0.15, -0.1) is 0 Å². The number of allylic oxidation sites excluding steroid dienone is 6. The normalized spacial score (nSPS) is 18.4. The molecule has 1 aliphatic carbocycles. The molecule has 0 radical (unpaired) electrons. The van der Waals surface area contributed by atoms with Gasteiger partial charge in [-0.2, -0.15) is 0 Å². The lowest BCUT2D eigenvalue weighted by Crippen LogP contribution is -2.37. The van der Waals surface area contributed by atoms with Crippen molar-refractivity contribution < 1.29 is 4.79 Å². The summed E-state index contributed by atoms with van der Waals surface area (Å²) in [5, 5.41) is 6.07. The van der Waals surface area contributed by atoms with Gasteiger partial charge in [0.25, 0.3) is 5.91 Å². The van der Waals surface area contributed by atoms with Crippen molar-refractivity contribution >= 4 is 5.91 Å². The van der Waals surface area contributed by atoms with Crippen LogP contribution >= 0.6 is 0 Å². The summed E-state index contributed by atoms with van der Waals surface area (Å²) in [6.07, 6.45) is 9.01. The molecule has 0 unspecified atom stereocenters. The molecule has 0 aromatic heterocycles.